The Morgan fingerprint density at radius 3 is 2.65 bits per heavy atom. The highest BCUT2D eigenvalue weighted by Crippen LogP contribution is 2.09. The summed E-state index contributed by atoms with van der Waals surface area (Å²) in [7, 11) is 0. The van der Waals surface area contributed by atoms with Crippen LogP contribution in [0.3, 0.4) is 0 Å². The molecule has 104 valence electrons. The van der Waals surface area contributed by atoms with Crippen molar-refractivity contribution in [1.29, 1.82) is 0 Å². The minimum absolute atomic E-state index is 0.218. The van der Waals surface area contributed by atoms with Gasteiger partial charge in [0.1, 0.15) is 12.4 Å². The molecule has 1 heterocycles. The van der Waals surface area contributed by atoms with E-state index in [9.17, 15) is 19.3 Å². The standard InChI is InChI=1S/C11H10FN5O3/c1-7-13-11(17(19)20)15-16(7)6-10(18)14-9-4-2-8(12)3-5-9/h2-5H,6H2,1H3,(H,14,18). The number of hydrogen-bond acceptors (Lipinski definition) is 5. The van der Waals surface area contributed by atoms with E-state index in [1.807, 2.05) is 0 Å². The number of rotatable bonds is 4. The van der Waals surface area contributed by atoms with E-state index in [4.69, 9.17) is 0 Å². The molecule has 8 nitrogen and oxygen atoms in total. The summed E-state index contributed by atoms with van der Waals surface area (Å²) in [6.07, 6.45) is 0. The summed E-state index contributed by atoms with van der Waals surface area (Å²) in [5.74, 6) is -1.16. The molecule has 0 atom stereocenters. The summed E-state index contributed by atoms with van der Waals surface area (Å²) in [5.41, 5.74) is 0.420. The number of nitrogens with zero attached hydrogens (tertiary/aromatic N) is 4. The first kappa shape index (κ1) is 13.6. The van der Waals surface area contributed by atoms with E-state index in [2.05, 4.69) is 15.4 Å². The van der Waals surface area contributed by atoms with Gasteiger partial charge in [-0.2, -0.15) is 4.68 Å². The zero-order valence-corrected chi connectivity index (χ0v) is 10.4. The lowest BCUT2D eigenvalue weighted by Gasteiger charge is -2.03. The summed E-state index contributed by atoms with van der Waals surface area (Å²) in [6, 6.07) is 5.23. The van der Waals surface area contributed by atoms with Crippen LogP contribution in [0.4, 0.5) is 16.0 Å². The van der Waals surface area contributed by atoms with Crippen LogP contribution in [0.2, 0.25) is 0 Å². The summed E-state index contributed by atoms with van der Waals surface area (Å²) in [6.45, 7) is 1.29. The van der Waals surface area contributed by atoms with E-state index in [1.165, 1.54) is 31.2 Å². The minimum Gasteiger partial charge on any atom is -0.390 e. The van der Waals surface area contributed by atoms with Gasteiger partial charge in [0.05, 0.1) is 0 Å². The van der Waals surface area contributed by atoms with Crippen molar-refractivity contribution in [3.63, 3.8) is 0 Å². The molecule has 0 aliphatic rings. The van der Waals surface area contributed by atoms with Crippen molar-refractivity contribution in [2.75, 3.05) is 5.32 Å². The Hall–Kier alpha value is -2.84. The van der Waals surface area contributed by atoms with Crippen molar-refractivity contribution in [3.05, 3.63) is 46.0 Å². The molecule has 0 bridgehead atoms. The van der Waals surface area contributed by atoms with Gasteiger partial charge in [-0.15, -0.1) is 0 Å². The van der Waals surface area contributed by atoms with E-state index in [-0.39, 0.29) is 12.4 Å². The SMILES string of the molecule is Cc1nc([N+](=O)[O-])nn1CC(=O)Nc1ccc(F)cc1. The van der Waals surface area contributed by atoms with E-state index in [0.29, 0.717) is 5.69 Å². The van der Waals surface area contributed by atoms with Gasteiger partial charge in [0, 0.05) is 17.7 Å². The van der Waals surface area contributed by atoms with Gasteiger partial charge >= 0.3 is 5.95 Å². The van der Waals surface area contributed by atoms with Gasteiger partial charge in [-0.1, -0.05) is 0 Å². The Morgan fingerprint density at radius 1 is 1.45 bits per heavy atom. The van der Waals surface area contributed by atoms with Gasteiger partial charge in [-0.3, -0.25) is 4.79 Å². The Labute approximate surface area is 112 Å². The van der Waals surface area contributed by atoms with Gasteiger partial charge in [-0.05, 0) is 34.2 Å². The number of nitrogens with one attached hydrogen (secondary N) is 1. The number of carbonyl (C=O) groups excluding carboxylic acids is 1. The predicted molar refractivity (Wildman–Crippen MR) is 66.4 cm³/mol. The molecule has 9 heteroatoms. The molecular weight excluding hydrogens is 269 g/mol. The van der Waals surface area contributed by atoms with Crippen LogP contribution >= 0.6 is 0 Å². The van der Waals surface area contributed by atoms with Crippen LogP contribution in [0, 0.1) is 22.9 Å². The number of carbonyl (C=O) groups is 1. The fraction of sp³-hybridized carbons (Fsp3) is 0.182. The maximum absolute atomic E-state index is 12.7. The minimum atomic E-state index is -0.735. The van der Waals surface area contributed by atoms with Gasteiger partial charge in [0.25, 0.3) is 0 Å². The lowest BCUT2D eigenvalue weighted by molar-refractivity contribution is -0.394. The first-order chi connectivity index (χ1) is 9.45. The van der Waals surface area contributed by atoms with Crippen molar-refractivity contribution < 1.29 is 14.1 Å². The molecule has 0 aliphatic heterocycles. The molecule has 20 heavy (non-hydrogen) atoms. The lowest BCUT2D eigenvalue weighted by Crippen LogP contribution is -2.20. The third kappa shape index (κ3) is 3.13. The number of hydrogen-bond donors (Lipinski definition) is 1. The van der Waals surface area contributed by atoms with Gasteiger partial charge < -0.3 is 15.4 Å². The fourth-order valence-corrected chi connectivity index (χ4v) is 1.50. The zero-order valence-electron chi connectivity index (χ0n) is 10.4. The molecular formula is C11H10FN5O3. The molecule has 0 saturated heterocycles. The van der Waals surface area contributed by atoms with Crippen molar-refractivity contribution in [3.8, 4) is 0 Å². The van der Waals surface area contributed by atoms with E-state index >= 15 is 0 Å². The largest absolute Gasteiger partial charge is 0.491 e. The average molecular weight is 279 g/mol. The highest BCUT2D eigenvalue weighted by Gasteiger charge is 2.19. The second-order valence-electron chi connectivity index (χ2n) is 3.93. The number of aromatic nitrogens is 3. The molecule has 2 rings (SSSR count). The van der Waals surface area contributed by atoms with Crippen LogP contribution in [0.5, 0.6) is 0 Å². The number of benzene rings is 1. The normalized spacial score (nSPS) is 10.3. The monoisotopic (exact) mass is 279 g/mol. The molecule has 1 N–H and O–H groups in total. The highest BCUT2D eigenvalue weighted by atomic mass is 19.1. The molecule has 2 aromatic rings. The number of nitro groups is 1. The Bertz CT molecular complexity index is 653. The fourth-order valence-electron chi connectivity index (χ4n) is 1.50. The maximum Gasteiger partial charge on any atom is 0.491 e. The summed E-state index contributed by atoms with van der Waals surface area (Å²) < 4.78 is 13.8. The van der Waals surface area contributed by atoms with Crippen LogP contribution in [0.25, 0.3) is 0 Å². The molecule has 1 amide bonds. The predicted octanol–water partition coefficient (Wildman–Crippen LogP) is 1.27. The van der Waals surface area contributed by atoms with Crippen molar-refractivity contribution in [2.45, 2.75) is 13.5 Å². The molecule has 0 radical (unpaired) electrons. The average Bonchev–Trinajstić information content (AvgIpc) is 2.74. The maximum atomic E-state index is 12.7. The Balaban J connectivity index is 2.04. The second-order valence-corrected chi connectivity index (χ2v) is 3.93. The number of aryl methyl sites for hydroxylation is 1. The zero-order chi connectivity index (χ0) is 14.7. The van der Waals surface area contributed by atoms with Crippen LogP contribution < -0.4 is 5.32 Å². The van der Waals surface area contributed by atoms with Crippen LogP contribution in [-0.2, 0) is 11.3 Å². The van der Waals surface area contributed by atoms with E-state index in [0.717, 1.165) is 4.68 Å². The molecule has 1 aromatic heterocycles. The van der Waals surface area contributed by atoms with E-state index in [1.54, 1.807) is 0 Å². The Morgan fingerprint density at radius 2 is 2.10 bits per heavy atom. The number of amides is 1. The van der Waals surface area contributed by atoms with Gasteiger partial charge in [0.2, 0.25) is 11.7 Å². The smallest absolute Gasteiger partial charge is 0.390 e. The third-order valence-electron chi connectivity index (χ3n) is 2.43. The first-order valence-corrected chi connectivity index (χ1v) is 5.57. The van der Waals surface area contributed by atoms with Crippen molar-refractivity contribution in [1.82, 2.24) is 14.8 Å². The van der Waals surface area contributed by atoms with Crippen molar-refractivity contribution in [2.24, 2.45) is 0 Å². The molecule has 0 unspecified atom stereocenters. The van der Waals surface area contributed by atoms with Crippen LogP contribution in [0.1, 0.15) is 5.82 Å². The first-order valence-electron chi connectivity index (χ1n) is 5.57. The van der Waals surface area contributed by atoms with Crippen LogP contribution in [0.15, 0.2) is 24.3 Å². The number of anilines is 1. The molecule has 0 aliphatic carbocycles. The molecule has 0 saturated carbocycles. The summed E-state index contributed by atoms with van der Waals surface area (Å²) in [5, 5.41) is 16.6. The van der Waals surface area contributed by atoms with E-state index < -0.39 is 22.6 Å². The van der Waals surface area contributed by atoms with Gasteiger partial charge in [-0.25, -0.2) is 4.39 Å². The topological polar surface area (TPSA) is 103 Å². The Kier molecular flexibility index (Phi) is 3.69. The highest BCUT2D eigenvalue weighted by molar-refractivity contribution is 5.90. The van der Waals surface area contributed by atoms with Gasteiger partial charge in [0.15, 0.2) is 0 Å². The third-order valence-corrected chi connectivity index (χ3v) is 2.43. The van der Waals surface area contributed by atoms with Crippen LogP contribution in [-0.4, -0.2) is 25.6 Å². The summed E-state index contributed by atoms with van der Waals surface area (Å²) >= 11 is 0. The quantitative estimate of drug-likeness (QED) is 0.670. The second kappa shape index (κ2) is 5.43. The molecule has 1 aromatic carbocycles. The summed E-state index contributed by atoms with van der Waals surface area (Å²) in [4.78, 5) is 25.1. The molecule has 0 spiro atoms. The number of halogens is 1. The molecule has 0 fully saturated rings. The lowest BCUT2D eigenvalue weighted by atomic mass is 10.3. The van der Waals surface area contributed by atoms with Crippen molar-refractivity contribution >= 4 is 17.5 Å².